The molecule has 0 aromatic carbocycles. The number of hydrogen-bond acceptors (Lipinski definition) is 1. The van der Waals surface area contributed by atoms with Gasteiger partial charge in [0.25, 0.3) is 0 Å². The summed E-state index contributed by atoms with van der Waals surface area (Å²) >= 11 is 0. The molecule has 42 valence electrons. The molecule has 0 unspecified atom stereocenters. The molecule has 0 rings (SSSR count). The molecule has 1 amide bonds. The average Bonchev–Trinajstić information content (AvgIpc) is 1.38. The molecule has 0 saturated heterocycles. The van der Waals surface area contributed by atoms with Crippen LogP contribution in [0.15, 0.2) is 0 Å². The van der Waals surface area contributed by atoms with E-state index in [4.69, 9.17) is 0 Å². The zero-order chi connectivity index (χ0) is 4.28. The van der Waals surface area contributed by atoms with Crippen LogP contribution in [-0.2, 0) is 25.9 Å². The minimum atomic E-state index is -0.106. The van der Waals surface area contributed by atoms with E-state index >= 15 is 0 Å². The summed E-state index contributed by atoms with van der Waals surface area (Å²) in [5.41, 5.74) is 0. The summed E-state index contributed by atoms with van der Waals surface area (Å²) in [6.45, 7) is 1.41. The zero-order valence-corrected chi connectivity index (χ0v) is 7.46. The molecular weight excluding hydrogens is 262 g/mol. The Balaban J connectivity index is -0.0000000800. The van der Waals surface area contributed by atoms with Crippen LogP contribution < -0.4 is 5.32 Å². The Morgan fingerprint density at radius 3 is 1.86 bits per heavy atom. The third-order valence-electron chi connectivity index (χ3n) is 0.249. The van der Waals surface area contributed by atoms with Gasteiger partial charge in [-0.3, -0.25) is 11.8 Å². The molecule has 3 heteroatoms. The fourth-order valence-corrected chi connectivity index (χ4v) is 0. The maximum absolute atomic E-state index is 9.64. The van der Waals surface area contributed by atoms with Crippen molar-refractivity contribution in [3.63, 3.8) is 0 Å². The van der Waals surface area contributed by atoms with E-state index in [0.717, 1.165) is 0 Å². The van der Waals surface area contributed by atoms with Gasteiger partial charge in [-0.1, -0.05) is 0 Å². The Morgan fingerprint density at radius 2 is 1.86 bits per heavy atom. The first kappa shape index (κ1) is 15.7. The van der Waals surface area contributed by atoms with Gasteiger partial charge in [0.2, 0.25) is 0 Å². The van der Waals surface area contributed by atoms with Crippen LogP contribution in [0.4, 0.5) is 0 Å². The van der Waals surface area contributed by atoms with Gasteiger partial charge >= 0.3 is 21.1 Å². The largest absolute Gasteiger partial charge is 2.00 e. The Labute approximate surface area is 58.9 Å². The third kappa shape index (κ3) is 22.9. The first-order valence-corrected chi connectivity index (χ1v) is 1.31. The summed E-state index contributed by atoms with van der Waals surface area (Å²) in [6.07, 6.45) is 0. The normalized spacial score (nSPS) is 4.86. The molecule has 0 heterocycles. The van der Waals surface area contributed by atoms with Crippen LogP contribution in [0.5, 0.6) is 0 Å². The van der Waals surface area contributed by atoms with Gasteiger partial charge in [-0.05, 0) is 0 Å². The van der Waals surface area contributed by atoms with Crippen LogP contribution in [-0.4, -0.2) is 5.91 Å². The summed E-state index contributed by atoms with van der Waals surface area (Å²) in [5.74, 6) is -0.106. The van der Waals surface area contributed by atoms with Crippen LogP contribution in [0, 0.1) is 14.5 Å². The smallest absolute Gasteiger partial charge is 0.509 e. The van der Waals surface area contributed by atoms with E-state index in [9.17, 15) is 4.79 Å². The summed E-state index contributed by atoms with van der Waals surface area (Å²) in [6, 6.07) is 0. The van der Waals surface area contributed by atoms with Crippen molar-refractivity contribution in [2.24, 2.45) is 0 Å². The van der Waals surface area contributed by atoms with Crippen molar-refractivity contribution >= 4 is 5.91 Å². The monoisotopic (exact) mass is 271 g/mol. The number of carbonyl (C=O) groups excluding carboxylic acids is 1. The molecule has 7 heavy (non-hydrogen) atoms. The van der Waals surface area contributed by atoms with Crippen molar-refractivity contribution in [3.05, 3.63) is 14.5 Å². The Kier molecular flexibility index (Phi) is 21.3. The molecule has 2 nitrogen and oxygen atoms in total. The summed E-state index contributed by atoms with van der Waals surface area (Å²) in [7, 11) is 3.09. The van der Waals surface area contributed by atoms with Gasteiger partial charge in [-0.2, -0.15) is 0 Å². The molecule has 0 fully saturated rings. The van der Waals surface area contributed by atoms with E-state index in [1.807, 2.05) is 0 Å². The number of nitrogens with one attached hydrogen (secondary N) is 1. The molecule has 0 aromatic rings. The van der Waals surface area contributed by atoms with Gasteiger partial charge in [0, 0.05) is 6.92 Å². The molecule has 0 bridgehead atoms. The second kappa shape index (κ2) is 9.48. The Bertz CT molecular complexity index is 47.0. The van der Waals surface area contributed by atoms with Crippen LogP contribution in [0.1, 0.15) is 6.92 Å². The Hall–Kier alpha value is 0.158. The van der Waals surface area contributed by atoms with E-state index in [1.165, 1.54) is 6.92 Å². The first-order chi connectivity index (χ1) is 2.27. The quantitative estimate of drug-likeness (QED) is 0.633. The van der Waals surface area contributed by atoms with Gasteiger partial charge < -0.3 is 12.7 Å². The van der Waals surface area contributed by atoms with E-state index in [0.29, 0.717) is 0 Å². The predicted molar refractivity (Wildman–Crippen MR) is 25.6 cm³/mol. The van der Waals surface area contributed by atoms with Crippen LogP contribution in [0.25, 0.3) is 0 Å². The molecule has 0 saturated carbocycles. The number of hydrogen-bond donors (Lipinski definition) is 1. The van der Waals surface area contributed by atoms with E-state index in [1.54, 1.807) is 0 Å². The molecule has 0 aliphatic heterocycles. The molecule has 0 spiro atoms. The Morgan fingerprint density at radius 1 is 1.71 bits per heavy atom. The average molecular weight is 271 g/mol. The maximum Gasteiger partial charge on any atom is 2.00 e. The van der Waals surface area contributed by atoms with Crippen molar-refractivity contribution in [1.29, 1.82) is 0 Å². The van der Waals surface area contributed by atoms with E-state index in [2.05, 4.69) is 12.4 Å². The van der Waals surface area contributed by atoms with Crippen LogP contribution in [0.2, 0.25) is 0 Å². The second-order valence-electron chi connectivity index (χ2n) is 0.733. The van der Waals surface area contributed by atoms with Crippen molar-refractivity contribution in [3.8, 4) is 0 Å². The SMILES string of the molecule is [CH2-]NC(C)=O.[CH3-].[W+2]. The van der Waals surface area contributed by atoms with Gasteiger partial charge in [0.1, 0.15) is 0 Å². The predicted octanol–water partition coefficient (Wildman–Crippen LogP) is 0.362. The van der Waals surface area contributed by atoms with Crippen LogP contribution in [0.3, 0.4) is 0 Å². The van der Waals surface area contributed by atoms with Crippen molar-refractivity contribution in [2.75, 3.05) is 0 Å². The fourth-order valence-electron chi connectivity index (χ4n) is 0. The fraction of sp³-hybridized carbons (Fsp3) is 0.250. The number of rotatable bonds is 0. The molecule has 0 radical (unpaired) electrons. The summed E-state index contributed by atoms with van der Waals surface area (Å²) < 4.78 is 0. The van der Waals surface area contributed by atoms with Gasteiger partial charge in [-0.25, -0.2) is 0 Å². The molecular formula is C4H9NOW. The topological polar surface area (TPSA) is 29.1 Å². The van der Waals surface area contributed by atoms with Gasteiger partial charge in [-0.15, -0.1) is 0 Å². The first-order valence-electron chi connectivity index (χ1n) is 1.31. The van der Waals surface area contributed by atoms with E-state index < -0.39 is 0 Å². The minimum Gasteiger partial charge on any atom is -0.509 e. The van der Waals surface area contributed by atoms with Crippen molar-refractivity contribution in [1.82, 2.24) is 5.32 Å². The number of carbonyl (C=O) groups is 1. The van der Waals surface area contributed by atoms with Gasteiger partial charge in [0.15, 0.2) is 5.91 Å². The zero-order valence-electron chi connectivity index (χ0n) is 4.52. The third-order valence-corrected chi connectivity index (χ3v) is 0.249. The molecule has 1 N–H and O–H groups in total. The van der Waals surface area contributed by atoms with Crippen molar-refractivity contribution < 1.29 is 25.9 Å². The molecule has 0 aromatic heterocycles. The molecule has 0 atom stereocenters. The molecule has 0 aliphatic rings. The molecule has 0 aliphatic carbocycles. The second-order valence-corrected chi connectivity index (χ2v) is 0.733. The van der Waals surface area contributed by atoms with E-state index in [-0.39, 0.29) is 34.4 Å². The minimum absolute atomic E-state index is 0. The van der Waals surface area contributed by atoms with Crippen molar-refractivity contribution in [2.45, 2.75) is 6.92 Å². The summed E-state index contributed by atoms with van der Waals surface area (Å²) in [5, 5.41) is 2.14. The number of amides is 1. The van der Waals surface area contributed by atoms with Crippen LogP contribution >= 0.6 is 0 Å². The van der Waals surface area contributed by atoms with Gasteiger partial charge in [0.05, 0.1) is 0 Å². The standard InChI is InChI=1S/C3H6NO.CH3.W/c1-3(5)4-2;;/h2H2,1H3,(H,4,5);1H3;/q2*-1;+2. The maximum atomic E-state index is 9.64. The summed E-state index contributed by atoms with van der Waals surface area (Å²) in [4.78, 5) is 9.64.